The highest BCUT2D eigenvalue weighted by molar-refractivity contribution is 5.88. The minimum atomic E-state index is -0.506. The van der Waals surface area contributed by atoms with Crippen molar-refractivity contribution >= 4 is 5.97 Å². The van der Waals surface area contributed by atoms with Gasteiger partial charge in [-0.15, -0.1) is 0 Å². The Balaban J connectivity index is 1.87. The number of aliphatic hydroxyl groups is 1. The maximum Gasteiger partial charge on any atom is 0.336 e. The number of fused-ring (bicyclic) bond motifs is 2. The molecule has 0 saturated carbocycles. The number of aliphatic hydroxyl groups excluding tert-OH is 1. The quantitative estimate of drug-likeness (QED) is 0.526. The van der Waals surface area contributed by atoms with Crippen molar-refractivity contribution in [3.8, 4) is 0 Å². The summed E-state index contributed by atoms with van der Waals surface area (Å²) in [7, 11) is 0. The van der Waals surface area contributed by atoms with Crippen LogP contribution in [0.5, 0.6) is 0 Å². The van der Waals surface area contributed by atoms with E-state index in [1.165, 1.54) is 0 Å². The van der Waals surface area contributed by atoms with Gasteiger partial charge in [0, 0.05) is 6.42 Å². The zero-order valence-corrected chi connectivity index (χ0v) is 7.94. The third kappa shape index (κ3) is 1.67. The molecule has 3 unspecified atom stereocenters. The normalized spacial score (nSPS) is 34.5. The molecule has 4 heteroatoms. The lowest BCUT2D eigenvalue weighted by atomic mass is 9.98. The molecule has 2 aliphatic rings. The fraction of sp³-hybridized carbons (Fsp3) is 0.700. The lowest BCUT2D eigenvalue weighted by molar-refractivity contribution is -0.147. The molecule has 3 atom stereocenters. The van der Waals surface area contributed by atoms with Gasteiger partial charge in [-0.1, -0.05) is 6.58 Å². The molecule has 0 aromatic carbocycles. The van der Waals surface area contributed by atoms with Crippen LogP contribution in [-0.2, 0) is 14.3 Å². The molecule has 4 nitrogen and oxygen atoms in total. The molecule has 0 aromatic heterocycles. The highest BCUT2D eigenvalue weighted by atomic mass is 16.6. The van der Waals surface area contributed by atoms with E-state index < -0.39 is 5.97 Å². The first kappa shape index (κ1) is 9.68. The Kier molecular flexibility index (Phi) is 2.56. The molecule has 0 aromatic rings. The van der Waals surface area contributed by atoms with Crippen LogP contribution < -0.4 is 0 Å². The van der Waals surface area contributed by atoms with Gasteiger partial charge in [-0.25, -0.2) is 4.79 Å². The average Bonchev–Trinajstić information content (AvgIpc) is 2.77. The summed E-state index contributed by atoms with van der Waals surface area (Å²) in [6.45, 7) is 3.07. The number of hydrogen-bond acceptors (Lipinski definition) is 4. The zero-order chi connectivity index (χ0) is 10.1. The van der Waals surface area contributed by atoms with E-state index in [-0.39, 0.29) is 30.5 Å². The van der Waals surface area contributed by atoms with E-state index in [4.69, 9.17) is 14.6 Å². The van der Waals surface area contributed by atoms with Gasteiger partial charge < -0.3 is 14.6 Å². The van der Waals surface area contributed by atoms with Crippen LogP contribution in [0.25, 0.3) is 0 Å². The first-order valence-corrected chi connectivity index (χ1v) is 4.86. The molecular formula is C10H14O4. The maximum absolute atomic E-state index is 11.3. The molecule has 1 N–H and O–H groups in total. The fourth-order valence-electron chi connectivity index (χ4n) is 2.00. The maximum atomic E-state index is 11.3. The van der Waals surface area contributed by atoms with Crippen LogP contribution in [0.2, 0.25) is 0 Å². The molecule has 14 heavy (non-hydrogen) atoms. The van der Waals surface area contributed by atoms with Gasteiger partial charge in [0.25, 0.3) is 0 Å². The molecular weight excluding hydrogens is 184 g/mol. The largest absolute Gasteiger partial charge is 0.456 e. The van der Waals surface area contributed by atoms with Crippen LogP contribution >= 0.6 is 0 Å². The Morgan fingerprint density at radius 2 is 2.36 bits per heavy atom. The van der Waals surface area contributed by atoms with Crippen molar-refractivity contribution in [2.45, 2.75) is 37.6 Å². The lowest BCUT2D eigenvalue weighted by Crippen LogP contribution is -2.29. The van der Waals surface area contributed by atoms with Crippen LogP contribution in [0, 0.1) is 0 Å². The van der Waals surface area contributed by atoms with E-state index in [2.05, 4.69) is 6.58 Å². The van der Waals surface area contributed by atoms with Gasteiger partial charge in [0.1, 0.15) is 6.10 Å². The summed E-state index contributed by atoms with van der Waals surface area (Å²) in [6.07, 6.45) is 3.02. The minimum Gasteiger partial charge on any atom is -0.456 e. The first-order chi connectivity index (χ1) is 6.70. The van der Waals surface area contributed by atoms with Gasteiger partial charge in [0.2, 0.25) is 0 Å². The summed E-state index contributed by atoms with van der Waals surface area (Å²) < 4.78 is 10.7. The second kappa shape index (κ2) is 3.71. The molecule has 2 bridgehead atoms. The SMILES string of the molecule is C=C(CO)C(=O)OC1CC2CCC1O2. The third-order valence-electron chi connectivity index (χ3n) is 2.79. The van der Waals surface area contributed by atoms with E-state index >= 15 is 0 Å². The lowest BCUT2D eigenvalue weighted by Gasteiger charge is -2.19. The van der Waals surface area contributed by atoms with E-state index in [1.54, 1.807) is 0 Å². The van der Waals surface area contributed by atoms with Crippen molar-refractivity contribution in [1.82, 2.24) is 0 Å². The minimum absolute atomic E-state index is 0.0652. The molecule has 2 aliphatic heterocycles. The molecule has 2 saturated heterocycles. The van der Waals surface area contributed by atoms with E-state index in [9.17, 15) is 4.79 Å². The van der Waals surface area contributed by atoms with Crippen molar-refractivity contribution in [3.63, 3.8) is 0 Å². The molecule has 2 rings (SSSR count). The van der Waals surface area contributed by atoms with Crippen LogP contribution in [0.15, 0.2) is 12.2 Å². The Morgan fingerprint density at radius 3 is 2.86 bits per heavy atom. The summed E-state index contributed by atoms with van der Waals surface area (Å²) in [5.41, 5.74) is 0.104. The van der Waals surface area contributed by atoms with Gasteiger partial charge in [0.05, 0.1) is 24.4 Å². The first-order valence-electron chi connectivity index (χ1n) is 4.86. The molecule has 0 amide bonds. The number of carbonyl (C=O) groups excluding carboxylic acids is 1. The molecule has 0 radical (unpaired) electrons. The number of carbonyl (C=O) groups is 1. The molecule has 0 aliphatic carbocycles. The zero-order valence-electron chi connectivity index (χ0n) is 7.94. The molecule has 78 valence electrons. The van der Waals surface area contributed by atoms with Crippen LogP contribution in [0.4, 0.5) is 0 Å². The number of rotatable bonds is 3. The van der Waals surface area contributed by atoms with Gasteiger partial charge in [-0.3, -0.25) is 0 Å². The van der Waals surface area contributed by atoms with E-state index in [0.29, 0.717) is 0 Å². The van der Waals surface area contributed by atoms with Gasteiger partial charge in [-0.2, -0.15) is 0 Å². The highest BCUT2D eigenvalue weighted by Gasteiger charge is 2.43. The van der Waals surface area contributed by atoms with Gasteiger partial charge in [0.15, 0.2) is 0 Å². The van der Waals surface area contributed by atoms with Gasteiger partial charge >= 0.3 is 5.97 Å². The van der Waals surface area contributed by atoms with Crippen LogP contribution in [0.1, 0.15) is 19.3 Å². The smallest absolute Gasteiger partial charge is 0.336 e. The second-order valence-corrected chi connectivity index (χ2v) is 3.82. The van der Waals surface area contributed by atoms with Crippen LogP contribution in [0.3, 0.4) is 0 Å². The summed E-state index contributed by atoms with van der Waals surface area (Å²) in [5, 5.41) is 8.68. The van der Waals surface area contributed by atoms with Crippen molar-refractivity contribution in [3.05, 3.63) is 12.2 Å². The Bertz CT molecular complexity index is 261. The fourth-order valence-corrected chi connectivity index (χ4v) is 2.00. The monoisotopic (exact) mass is 198 g/mol. The molecule has 2 fully saturated rings. The Labute approximate surface area is 82.5 Å². The topological polar surface area (TPSA) is 55.8 Å². The molecule has 0 spiro atoms. The van der Waals surface area contributed by atoms with Crippen molar-refractivity contribution in [2.24, 2.45) is 0 Å². The summed E-state index contributed by atoms with van der Waals surface area (Å²) in [5.74, 6) is -0.506. The number of hydrogen-bond donors (Lipinski definition) is 1. The Hall–Kier alpha value is -0.870. The van der Waals surface area contributed by atoms with E-state index in [1.807, 2.05) is 0 Å². The van der Waals surface area contributed by atoms with Crippen molar-refractivity contribution in [2.75, 3.05) is 6.61 Å². The third-order valence-corrected chi connectivity index (χ3v) is 2.79. The van der Waals surface area contributed by atoms with Crippen molar-refractivity contribution < 1.29 is 19.4 Å². The van der Waals surface area contributed by atoms with Crippen molar-refractivity contribution in [1.29, 1.82) is 0 Å². The highest BCUT2D eigenvalue weighted by Crippen LogP contribution is 2.36. The predicted octanol–water partition coefficient (Wildman–Crippen LogP) is 0.398. The van der Waals surface area contributed by atoms with Crippen LogP contribution in [-0.4, -0.2) is 36.0 Å². The second-order valence-electron chi connectivity index (χ2n) is 3.82. The number of ether oxygens (including phenoxy) is 2. The average molecular weight is 198 g/mol. The van der Waals surface area contributed by atoms with E-state index in [0.717, 1.165) is 19.3 Å². The number of esters is 1. The predicted molar refractivity (Wildman–Crippen MR) is 48.6 cm³/mol. The summed E-state index contributed by atoms with van der Waals surface area (Å²) >= 11 is 0. The van der Waals surface area contributed by atoms with Gasteiger partial charge in [-0.05, 0) is 12.8 Å². The standard InChI is InChI=1S/C10H14O4/c1-6(5-11)10(12)14-9-4-7-2-3-8(9)13-7/h7-9,11H,1-5H2. The summed E-state index contributed by atoms with van der Waals surface area (Å²) in [6, 6.07) is 0. The molecule has 2 heterocycles. The Morgan fingerprint density at radius 1 is 1.57 bits per heavy atom. The summed E-state index contributed by atoms with van der Waals surface area (Å²) in [4.78, 5) is 11.3.